The molecule has 0 radical (unpaired) electrons. The number of aromatic amines is 1. The Morgan fingerprint density at radius 1 is 1.62 bits per heavy atom. The van der Waals surface area contributed by atoms with E-state index in [0.717, 1.165) is 18.9 Å². The first-order chi connectivity index (χ1) is 7.52. The summed E-state index contributed by atoms with van der Waals surface area (Å²) in [5.41, 5.74) is -0.0886. The Labute approximate surface area is 109 Å². The summed E-state index contributed by atoms with van der Waals surface area (Å²) >= 11 is 2.02. The lowest BCUT2D eigenvalue weighted by molar-refractivity contribution is 0.588. The van der Waals surface area contributed by atoms with Crippen LogP contribution in [0.1, 0.15) is 13.8 Å². The highest BCUT2D eigenvalue weighted by atomic mass is 127. The number of rotatable bonds is 5. The van der Waals surface area contributed by atoms with Crippen molar-refractivity contribution in [3.8, 4) is 0 Å². The first-order valence-corrected chi connectivity index (χ1v) is 6.28. The summed E-state index contributed by atoms with van der Waals surface area (Å²) in [5, 5.41) is 3.32. The average Bonchev–Trinajstić information content (AvgIpc) is 2.21. The molecule has 0 atom stereocenters. The zero-order valence-electron chi connectivity index (χ0n) is 9.75. The Bertz CT molecular complexity index is 391. The van der Waals surface area contributed by atoms with E-state index in [-0.39, 0.29) is 5.56 Å². The molecule has 1 heterocycles. The van der Waals surface area contributed by atoms with Crippen molar-refractivity contribution in [2.24, 2.45) is 0 Å². The summed E-state index contributed by atoms with van der Waals surface area (Å²) in [4.78, 5) is 20.1. The molecule has 1 aromatic rings. The monoisotopic (exact) mass is 336 g/mol. The molecule has 5 nitrogen and oxygen atoms in total. The zero-order chi connectivity index (χ0) is 12.1. The van der Waals surface area contributed by atoms with Gasteiger partial charge in [-0.3, -0.25) is 4.79 Å². The lowest BCUT2D eigenvalue weighted by atomic mass is 10.4. The van der Waals surface area contributed by atoms with E-state index in [2.05, 4.69) is 29.1 Å². The van der Waals surface area contributed by atoms with Gasteiger partial charge in [0.1, 0.15) is 9.39 Å². The Morgan fingerprint density at radius 2 is 2.31 bits per heavy atom. The van der Waals surface area contributed by atoms with Gasteiger partial charge in [0.05, 0.1) is 6.33 Å². The molecule has 2 N–H and O–H groups in total. The van der Waals surface area contributed by atoms with Crippen molar-refractivity contribution in [2.75, 3.05) is 25.0 Å². The predicted molar refractivity (Wildman–Crippen MR) is 74.0 cm³/mol. The highest BCUT2D eigenvalue weighted by Gasteiger charge is 2.09. The molecule has 1 rings (SSSR count). The quantitative estimate of drug-likeness (QED) is 0.782. The normalized spacial score (nSPS) is 10.8. The molecule has 0 spiro atoms. The third-order valence-electron chi connectivity index (χ3n) is 2.14. The van der Waals surface area contributed by atoms with E-state index in [1.807, 2.05) is 34.5 Å². The second-order valence-electron chi connectivity index (χ2n) is 3.90. The molecule has 0 saturated heterocycles. The maximum Gasteiger partial charge on any atom is 0.266 e. The van der Waals surface area contributed by atoms with Crippen molar-refractivity contribution < 1.29 is 0 Å². The largest absolute Gasteiger partial charge is 0.357 e. The number of anilines is 1. The fourth-order valence-corrected chi connectivity index (χ4v) is 1.97. The van der Waals surface area contributed by atoms with Gasteiger partial charge in [0, 0.05) is 26.2 Å². The van der Waals surface area contributed by atoms with Crippen LogP contribution in [-0.4, -0.2) is 36.1 Å². The predicted octanol–water partition coefficient (Wildman–Crippen LogP) is 0.809. The average molecular weight is 336 g/mol. The molecule has 0 aliphatic carbocycles. The van der Waals surface area contributed by atoms with E-state index in [4.69, 9.17) is 0 Å². The first kappa shape index (κ1) is 13.4. The number of nitrogens with one attached hydrogen (secondary N) is 2. The molecule has 0 aliphatic heterocycles. The molecule has 6 heteroatoms. The van der Waals surface area contributed by atoms with Crippen molar-refractivity contribution in [1.82, 2.24) is 15.3 Å². The fourth-order valence-electron chi connectivity index (χ4n) is 1.27. The molecule has 0 aromatic carbocycles. The van der Waals surface area contributed by atoms with Crippen LogP contribution in [0, 0.1) is 3.57 Å². The van der Waals surface area contributed by atoms with E-state index in [0.29, 0.717) is 9.61 Å². The standard InChI is InChI=1S/C10H17IN4O/c1-7(2)12-4-5-15(3)9-8(11)10(16)14-6-13-9/h6-7,12H,4-5H2,1-3H3,(H,13,14,16). The van der Waals surface area contributed by atoms with E-state index in [9.17, 15) is 4.79 Å². The Morgan fingerprint density at radius 3 is 2.94 bits per heavy atom. The summed E-state index contributed by atoms with van der Waals surface area (Å²) in [5.74, 6) is 0.731. The second-order valence-corrected chi connectivity index (χ2v) is 4.98. The van der Waals surface area contributed by atoms with Gasteiger partial charge in [0.15, 0.2) is 0 Å². The first-order valence-electron chi connectivity index (χ1n) is 5.20. The number of nitrogens with zero attached hydrogens (tertiary/aromatic N) is 2. The lowest BCUT2D eigenvalue weighted by Gasteiger charge is -2.19. The Kier molecular flexibility index (Phi) is 5.20. The van der Waals surface area contributed by atoms with Crippen LogP contribution in [0.25, 0.3) is 0 Å². The fraction of sp³-hybridized carbons (Fsp3) is 0.600. The van der Waals surface area contributed by atoms with Crippen LogP contribution in [0.2, 0.25) is 0 Å². The summed E-state index contributed by atoms with van der Waals surface area (Å²) in [6.07, 6.45) is 1.44. The molecule has 0 aliphatic rings. The molecular formula is C10H17IN4O. The van der Waals surface area contributed by atoms with Crippen molar-refractivity contribution >= 4 is 28.4 Å². The third-order valence-corrected chi connectivity index (χ3v) is 3.11. The Balaban J connectivity index is 2.62. The van der Waals surface area contributed by atoms with Gasteiger partial charge in [0.2, 0.25) is 0 Å². The summed E-state index contributed by atoms with van der Waals surface area (Å²) in [6.45, 7) is 5.91. The topological polar surface area (TPSA) is 61.0 Å². The van der Waals surface area contributed by atoms with Crippen LogP contribution in [0.4, 0.5) is 5.82 Å². The maximum atomic E-state index is 11.4. The van der Waals surface area contributed by atoms with Gasteiger partial charge in [-0.1, -0.05) is 13.8 Å². The molecule has 90 valence electrons. The highest BCUT2D eigenvalue weighted by Crippen LogP contribution is 2.12. The molecule has 0 saturated carbocycles. The lowest BCUT2D eigenvalue weighted by Crippen LogP contribution is -2.34. The molecule has 0 fully saturated rings. The van der Waals surface area contributed by atoms with Crippen molar-refractivity contribution in [2.45, 2.75) is 19.9 Å². The molecule has 16 heavy (non-hydrogen) atoms. The van der Waals surface area contributed by atoms with E-state index >= 15 is 0 Å². The molecule has 0 unspecified atom stereocenters. The summed E-state index contributed by atoms with van der Waals surface area (Å²) < 4.78 is 0.632. The van der Waals surface area contributed by atoms with Crippen LogP contribution in [0.15, 0.2) is 11.1 Å². The van der Waals surface area contributed by atoms with Crippen LogP contribution >= 0.6 is 22.6 Å². The number of halogens is 1. The number of H-pyrrole nitrogens is 1. The number of hydrogen-bond acceptors (Lipinski definition) is 4. The maximum absolute atomic E-state index is 11.4. The minimum Gasteiger partial charge on any atom is -0.357 e. The van der Waals surface area contributed by atoms with Gasteiger partial charge in [-0.15, -0.1) is 0 Å². The Hall–Kier alpha value is -0.630. The highest BCUT2D eigenvalue weighted by molar-refractivity contribution is 14.1. The number of likely N-dealkylation sites (N-methyl/N-ethyl adjacent to an activating group) is 1. The van der Waals surface area contributed by atoms with Crippen molar-refractivity contribution in [3.05, 3.63) is 20.3 Å². The molecule has 0 amide bonds. The summed E-state index contributed by atoms with van der Waals surface area (Å²) in [7, 11) is 1.94. The van der Waals surface area contributed by atoms with Gasteiger partial charge >= 0.3 is 0 Å². The summed E-state index contributed by atoms with van der Waals surface area (Å²) in [6, 6.07) is 0.472. The number of aromatic nitrogens is 2. The van der Waals surface area contributed by atoms with Gasteiger partial charge < -0.3 is 15.2 Å². The van der Waals surface area contributed by atoms with E-state index in [1.54, 1.807) is 0 Å². The van der Waals surface area contributed by atoms with Crippen LogP contribution < -0.4 is 15.8 Å². The van der Waals surface area contributed by atoms with Gasteiger partial charge in [-0.2, -0.15) is 0 Å². The third kappa shape index (κ3) is 3.75. The second kappa shape index (κ2) is 6.19. The van der Waals surface area contributed by atoms with Crippen LogP contribution in [0.3, 0.4) is 0 Å². The smallest absolute Gasteiger partial charge is 0.266 e. The van der Waals surface area contributed by atoms with Crippen LogP contribution in [0.5, 0.6) is 0 Å². The molecule has 1 aromatic heterocycles. The number of hydrogen-bond donors (Lipinski definition) is 2. The molecular weight excluding hydrogens is 319 g/mol. The minimum atomic E-state index is -0.0886. The van der Waals surface area contributed by atoms with Gasteiger partial charge in [-0.05, 0) is 22.6 Å². The van der Waals surface area contributed by atoms with E-state index < -0.39 is 0 Å². The van der Waals surface area contributed by atoms with Crippen LogP contribution in [-0.2, 0) is 0 Å². The van der Waals surface area contributed by atoms with Crippen molar-refractivity contribution in [3.63, 3.8) is 0 Å². The van der Waals surface area contributed by atoms with Crippen molar-refractivity contribution in [1.29, 1.82) is 0 Å². The molecule has 0 bridgehead atoms. The SMILES string of the molecule is CC(C)NCCN(C)c1nc[nH]c(=O)c1I. The van der Waals surface area contributed by atoms with E-state index in [1.165, 1.54) is 6.33 Å². The minimum absolute atomic E-state index is 0.0886. The van der Waals surface area contributed by atoms with Gasteiger partial charge in [0.25, 0.3) is 5.56 Å². The van der Waals surface area contributed by atoms with Gasteiger partial charge in [-0.25, -0.2) is 4.98 Å². The zero-order valence-corrected chi connectivity index (χ0v) is 11.9.